The third-order valence-corrected chi connectivity index (χ3v) is 4.03. The third kappa shape index (κ3) is 4.86. The molecule has 0 bridgehead atoms. The lowest BCUT2D eigenvalue weighted by Crippen LogP contribution is -2.33. The zero-order chi connectivity index (χ0) is 17.5. The number of hydrogen-bond donors (Lipinski definition) is 1. The highest BCUT2D eigenvalue weighted by Crippen LogP contribution is 2.25. The molecule has 5 heteroatoms. The molecule has 0 aliphatic heterocycles. The van der Waals surface area contributed by atoms with E-state index in [4.69, 9.17) is 9.15 Å². The number of furan rings is 1. The first-order valence-corrected chi connectivity index (χ1v) is 8.26. The van der Waals surface area contributed by atoms with Crippen molar-refractivity contribution < 1.29 is 13.9 Å². The standard InChI is InChI=1S/C19H26N2O3/c1-5-23-16-8-6-15(7-9-16)18-11-10-17(24-18)13-21(4)14(2)12-19(22)20-3/h6-11,14H,5,12-13H2,1-4H3,(H,20,22). The smallest absolute Gasteiger partial charge is 0.221 e. The van der Waals surface area contributed by atoms with Crippen molar-refractivity contribution >= 4 is 5.91 Å². The summed E-state index contributed by atoms with van der Waals surface area (Å²) in [5.74, 6) is 2.62. The average molecular weight is 330 g/mol. The van der Waals surface area contributed by atoms with Gasteiger partial charge in [-0.25, -0.2) is 0 Å². The van der Waals surface area contributed by atoms with E-state index in [1.807, 2.05) is 57.3 Å². The molecule has 0 spiro atoms. The van der Waals surface area contributed by atoms with E-state index in [9.17, 15) is 4.79 Å². The fourth-order valence-corrected chi connectivity index (χ4v) is 2.43. The van der Waals surface area contributed by atoms with Gasteiger partial charge in [0.2, 0.25) is 5.91 Å². The monoisotopic (exact) mass is 330 g/mol. The molecule has 24 heavy (non-hydrogen) atoms. The van der Waals surface area contributed by atoms with Crippen molar-refractivity contribution in [3.63, 3.8) is 0 Å². The van der Waals surface area contributed by atoms with Crippen LogP contribution in [-0.2, 0) is 11.3 Å². The highest BCUT2D eigenvalue weighted by molar-refractivity contribution is 5.76. The summed E-state index contributed by atoms with van der Waals surface area (Å²) in [6.45, 7) is 5.32. The Morgan fingerprint density at radius 3 is 2.58 bits per heavy atom. The number of carbonyl (C=O) groups excluding carboxylic acids is 1. The number of nitrogens with zero attached hydrogens (tertiary/aromatic N) is 1. The summed E-state index contributed by atoms with van der Waals surface area (Å²) >= 11 is 0. The fourth-order valence-electron chi connectivity index (χ4n) is 2.43. The SMILES string of the molecule is CCOc1ccc(-c2ccc(CN(C)C(C)CC(=O)NC)o2)cc1. The van der Waals surface area contributed by atoms with E-state index in [0.29, 0.717) is 19.6 Å². The average Bonchev–Trinajstić information content (AvgIpc) is 3.04. The van der Waals surface area contributed by atoms with Gasteiger partial charge < -0.3 is 14.5 Å². The van der Waals surface area contributed by atoms with Crippen molar-refractivity contribution in [3.05, 3.63) is 42.2 Å². The zero-order valence-electron chi connectivity index (χ0n) is 14.8. The van der Waals surface area contributed by atoms with Crippen molar-refractivity contribution in [2.45, 2.75) is 32.9 Å². The summed E-state index contributed by atoms with van der Waals surface area (Å²) < 4.78 is 11.4. The number of carbonyl (C=O) groups is 1. The minimum atomic E-state index is 0.0453. The minimum absolute atomic E-state index is 0.0453. The van der Waals surface area contributed by atoms with E-state index < -0.39 is 0 Å². The molecule has 2 aromatic rings. The predicted molar refractivity (Wildman–Crippen MR) is 94.9 cm³/mol. The van der Waals surface area contributed by atoms with Gasteiger partial charge in [0.1, 0.15) is 17.3 Å². The van der Waals surface area contributed by atoms with Crippen LogP contribution in [0.15, 0.2) is 40.8 Å². The van der Waals surface area contributed by atoms with Crippen molar-refractivity contribution in [2.24, 2.45) is 0 Å². The first-order chi connectivity index (χ1) is 11.5. The van der Waals surface area contributed by atoms with Gasteiger partial charge in [0, 0.05) is 25.1 Å². The normalized spacial score (nSPS) is 12.2. The maximum Gasteiger partial charge on any atom is 0.221 e. The Labute approximate surface area is 143 Å². The van der Waals surface area contributed by atoms with Gasteiger partial charge in [-0.2, -0.15) is 0 Å². The van der Waals surface area contributed by atoms with Crippen molar-refractivity contribution in [1.82, 2.24) is 10.2 Å². The molecule has 0 radical (unpaired) electrons. The molecule has 1 aromatic carbocycles. The second-order valence-corrected chi connectivity index (χ2v) is 5.86. The summed E-state index contributed by atoms with van der Waals surface area (Å²) in [6.07, 6.45) is 0.472. The second-order valence-electron chi connectivity index (χ2n) is 5.86. The number of hydrogen-bond acceptors (Lipinski definition) is 4. The summed E-state index contributed by atoms with van der Waals surface area (Å²) in [4.78, 5) is 13.6. The highest BCUT2D eigenvalue weighted by atomic mass is 16.5. The van der Waals surface area contributed by atoms with Crippen LogP contribution in [0.1, 0.15) is 26.0 Å². The van der Waals surface area contributed by atoms with Crippen LogP contribution in [0.2, 0.25) is 0 Å². The van der Waals surface area contributed by atoms with Gasteiger partial charge in [0.25, 0.3) is 0 Å². The molecule has 0 saturated heterocycles. The largest absolute Gasteiger partial charge is 0.494 e. The third-order valence-electron chi connectivity index (χ3n) is 4.03. The van der Waals surface area contributed by atoms with Gasteiger partial charge in [-0.1, -0.05) is 0 Å². The number of ether oxygens (including phenoxy) is 1. The molecule has 1 heterocycles. The predicted octanol–water partition coefficient (Wildman–Crippen LogP) is 3.30. The molecule has 0 aliphatic rings. The molecular weight excluding hydrogens is 304 g/mol. The van der Waals surface area contributed by atoms with E-state index in [0.717, 1.165) is 22.8 Å². The van der Waals surface area contributed by atoms with Gasteiger partial charge >= 0.3 is 0 Å². The van der Waals surface area contributed by atoms with E-state index in [1.165, 1.54) is 0 Å². The Hall–Kier alpha value is -2.27. The van der Waals surface area contributed by atoms with Gasteiger partial charge in [-0.3, -0.25) is 9.69 Å². The molecule has 2 rings (SSSR count). The molecule has 0 saturated carbocycles. The Morgan fingerprint density at radius 1 is 1.25 bits per heavy atom. The van der Waals surface area contributed by atoms with Gasteiger partial charge in [-0.15, -0.1) is 0 Å². The van der Waals surface area contributed by atoms with Crippen LogP contribution in [0.25, 0.3) is 11.3 Å². The van der Waals surface area contributed by atoms with Crippen LogP contribution in [0.4, 0.5) is 0 Å². The molecular formula is C19H26N2O3. The molecule has 130 valence electrons. The summed E-state index contributed by atoms with van der Waals surface area (Å²) in [7, 11) is 3.65. The van der Waals surface area contributed by atoms with E-state index >= 15 is 0 Å². The summed E-state index contributed by atoms with van der Waals surface area (Å²) in [5.41, 5.74) is 1.02. The van der Waals surface area contributed by atoms with Crippen LogP contribution >= 0.6 is 0 Å². The fraction of sp³-hybridized carbons (Fsp3) is 0.421. The molecule has 1 unspecified atom stereocenters. The lowest BCUT2D eigenvalue weighted by atomic mass is 10.2. The van der Waals surface area contributed by atoms with E-state index in [1.54, 1.807) is 7.05 Å². The van der Waals surface area contributed by atoms with Crippen LogP contribution in [0.3, 0.4) is 0 Å². The Morgan fingerprint density at radius 2 is 1.96 bits per heavy atom. The maximum atomic E-state index is 11.5. The van der Waals surface area contributed by atoms with Crippen LogP contribution in [-0.4, -0.2) is 37.6 Å². The molecule has 1 atom stereocenters. The lowest BCUT2D eigenvalue weighted by molar-refractivity contribution is -0.121. The molecule has 0 aliphatic carbocycles. The first kappa shape index (κ1) is 18.1. The second kappa shape index (κ2) is 8.55. The lowest BCUT2D eigenvalue weighted by Gasteiger charge is -2.22. The zero-order valence-corrected chi connectivity index (χ0v) is 14.8. The van der Waals surface area contributed by atoms with Gasteiger partial charge in [0.05, 0.1) is 13.2 Å². The number of rotatable bonds is 8. The molecule has 5 nitrogen and oxygen atoms in total. The molecule has 1 amide bonds. The molecule has 1 N–H and O–H groups in total. The molecule has 1 aromatic heterocycles. The topological polar surface area (TPSA) is 54.7 Å². The highest BCUT2D eigenvalue weighted by Gasteiger charge is 2.15. The summed E-state index contributed by atoms with van der Waals surface area (Å²) in [5, 5.41) is 2.65. The van der Waals surface area contributed by atoms with E-state index in [2.05, 4.69) is 10.2 Å². The minimum Gasteiger partial charge on any atom is -0.494 e. The quantitative estimate of drug-likeness (QED) is 0.807. The summed E-state index contributed by atoms with van der Waals surface area (Å²) in [6, 6.07) is 12.0. The van der Waals surface area contributed by atoms with Crippen molar-refractivity contribution in [2.75, 3.05) is 20.7 Å². The number of benzene rings is 1. The molecule has 0 fully saturated rings. The first-order valence-electron chi connectivity index (χ1n) is 8.26. The van der Waals surface area contributed by atoms with Crippen LogP contribution in [0, 0.1) is 0 Å². The Balaban J connectivity index is 1.98. The van der Waals surface area contributed by atoms with Gasteiger partial charge in [-0.05, 0) is 57.3 Å². The Kier molecular flexibility index (Phi) is 6.44. The maximum absolute atomic E-state index is 11.5. The Bertz CT molecular complexity index is 649. The van der Waals surface area contributed by atoms with Gasteiger partial charge in [0.15, 0.2) is 0 Å². The van der Waals surface area contributed by atoms with E-state index in [-0.39, 0.29) is 11.9 Å². The van der Waals surface area contributed by atoms with Crippen LogP contribution < -0.4 is 10.1 Å². The van der Waals surface area contributed by atoms with Crippen molar-refractivity contribution in [3.8, 4) is 17.1 Å². The number of nitrogens with one attached hydrogen (secondary N) is 1. The van der Waals surface area contributed by atoms with Crippen molar-refractivity contribution in [1.29, 1.82) is 0 Å². The number of amides is 1. The van der Waals surface area contributed by atoms with Crippen LogP contribution in [0.5, 0.6) is 5.75 Å².